The van der Waals surface area contributed by atoms with Crippen LogP contribution >= 0.6 is 0 Å². The normalized spacial score (nSPS) is 10.3. The molecule has 0 aliphatic carbocycles. The maximum absolute atomic E-state index is 5.73. The Morgan fingerprint density at radius 1 is 0.905 bits per heavy atom. The second kappa shape index (κ2) is 9.03. The molecule has 2 rings (SSSR count). The average Bonchev–Trinajstić information content (AvgIpc) is 2.54. The fraction of sp³-hybridized carbons (Fsp3) is 0.333. The number of ether oxygens (including phenoxy) is 1. The SMILES string of the molecule is NCCCCc1ccc(OCCNc2ccccc2)cc1. The molecule has 0 saturated carbocycles. The van der Waals surface area contributed by atoms with Crippen molar-refractivity contribution in [3.8, 4) is 5.75 Å². The minimum absolute atomic E-state index is 0.654. The van der Waals surface area contributed by atoms with E-state index in [9.17, 15) is 0 Å². The van der Waals surface area contributed by atoms with E-state index in [-0.39, 0.29) is 0 Å². The lowest BCUT2D eigenvalue weighted by Crippen LogP contribution is -2.11. The fourth-order valence-electron chi connectivity index (χ4n) is 2.15. The maximum atomic E-state index is 5.73. The van der Waals surface area contributed by atoms with Crippen molar-refractivity contribution in [2.45, 2.75) is 19.3 Å². The first kappa shape index (κ1) is 15.4. The first-order chi connectivity index (χ1) is 10.4. The number of nitrogens with one attached hydrogen (secondary N) is 1. The number of benzene rings is 2. The standard InChI is InChI=1S/C18H24N2O/c19-13-5-4-6-16-9-11-18(12-10-16)21-15-14-20-17-7-2-1-3-8-17/h1-3,7-12,20H,4-6,13-15,19H2. The number of para-hydroxylation sites is 1. The van der Waals surface area contributed by atoms with Crippen LogP contribution in [0.2, 0.25) is 0 Å². The lowest BCUT2D eigenvalue weighted by molar-refractivity contribution is 0.333. The Labute approximate surface area is 127 Å². The Hall–Kier alpha value is -2.00. The van der Waals surface area contributed by atoms with Crippen molar-refractivity contribution in [3.63, 3.8) is 0 Å². The van der Waals surface area contributed by atoms with E-state index >= 15 is 0 Å². The largest absolute Gasteiger partial charge is 0.492 e. The number of nitrogens with two attached hydrogens (primary N) is 1. The van der Waals surface area contributed by atoms with Gasteiger partial charge in [0.05, 0.1) is 0 Å². The molecule has 2 aromatic carbocycles. The number of aryl methyl sites for hydroxylation is 1. The van der Waals surface area contributed by atoms with E-state index in [0.717, 1.165) is 43.8 Å². The molecule has 0 saturated heterocycles. The van der Waals surface area contributed by atoms with E-state index in [4.69, 9.17) is 10.5 Å². The van der Waals surface area contributed by atoms with Gasteiger partial charge < -0.3 is 15.8 Å². The molecule has 0 aliphatic heterocycles. The summed E-state index contributed by atoms with van der Waals surface area (Å²) in [5.41, 5.74) is 7.97. The molecule has 0 atom stereocenters. The third-order valence-corrected chi connectivity index (χ3v) is 3.32. The van der Waals surface area contributed by atoms with Gasteiger partial charge in [-0.1, -0.05) is 30.3 Å². The monoisotopic (exact) mass is 284 g/mol. The highest BCUT2D eigenvalue weighted by Gasteiger charge is 1.96. The Kier molecular flexibility index (Phi) is 6.62. The Bertz CT molecular complexity index is 496. The summed E-state index contributed by atoms with van der Waals surface area (Å²) in [7, 11) is 0. The van der Waals surface area contributed by atoms with Crippen molar-refractivity contribution in [1.82, 2.24) is 0 Å². The molecule has 0 radical (unpaired) electrons. The molecule has 21 heavy (non-hydrogen) atoms. The van der Waals surface area contributed by atoms with Gasteiger partial charge in [-0.15, -0.1) is 0 Å². The van der Waals surface area contributed by atoms with Crippen molar-refractivity contribution in [2.24, 2.45) is 5.73 Å². The van der Waals surface area contributed by atoms with E-state index in [2.05, 4.69) is 29.6 Å². The Morgan fingerprint density at radius 3 is 2.38 bits per heavy atom. The summed E-state index contributed by atoms with van der Waals surface area (Å²) >= 11 is 0. The van der Waals surface area contributed by atoms with Gasteiger partial charge in [0.1, 0.15) is 12.4 Å². The van der Waals surface area contributed by atoms with Crippen LogP contribution in [0.15, 0.2) is 54.6 Å². The van der Waals surface area contributed by atoms with E-state index in [1.165, 1.54) is 5.56 Å². The highest BCUT2D eigenvalue weighted by molar-refractivity contribution is 5.42. The van der Waals surface area contributed by atoms with Crippen LogP contribution < -0.4 is 15.8 Å². The van der Waals surface area contributed by atoms with Crippen molar-refractivity contribution in [2.75, 3.05) is 25.0 Å². The quantitative estimate of drug-likeness (QED) is 0.693. The number of unbranched alkanes of at least 4 members (excludes halogenated alkanes) is 1. The summed E-state index contributed by atoms with van der Waals surface area (Å²) in [5.74, 6) is 0.924. The van der Waals surface area contributed by atoms with E-state index in [1.807, 2.05) is 30.3 Å². The average molecular weight is 284 g/mol. The summed E-state index contributed by atoms with van der Waals surface area (Å²) in [4.78, 5) is 0. The molecule has 3 nitrogen and oxygen atoms in total. The molecular weight excluding hydrogens is 260 g/mol. The van der Waals surface area contributed by atoms with Gasteiger partial charge in [-0.3, -0.25) is 0 Å². The van der Waals surface area contributed by atoms with Crippen LogP contribution in [0.3, 0.4) is 0 Å². The van der Waals surface area contributed by atoms with Gasteiger partial charge in [-0.05, 0) is 55.6 Å². The highest BCUT2D eigenvalue weighted by atomic mass is 16.5. The molecule has 112 valence electrons. The summed E-state index contributed by atoms with van der Waals surface area (Å²) < 4.78 is 5.73. The summed E-state index contributed by atoms with van der Waals surface area (Å²) in [6.45, 7) is 2.22. The van der Waals surface area contributed by atoms with Crippen LogP contribution in [0.5, 0.6) is 5.75 Å². The van der Waals surface area contributed by atoms with Gasteiger partial charge in [0.25, 0.3) is 0 Å². The molecule has 3 N–H and O–H groups in total. The molecular formula is C18H24N2O. The van der Waals surface area contributed by atoms with Crippen molar-refractivity contribution < 1.29 is 4.74 Å². The van der Waals surface area contributed by atoms with Gasteiger partial charge in [0, 0.05) is 12.2 Å². The van der Waals surface area contributed by atoms with Crippen molar-refractivity contribution in [3.05, 3.63) is 60.2 Å². The van der Waals surface area contributed by atoms with Crippen LogP contribution in [-0.2, 0) is 6.42 Å². The smallest absolute Gasteiger partial charge is 0.119 e. The molecule has 0 unspecified atom stereocenters. The van der Waals surface area contributed by atoms with Crippen molar-refractivity contribution >= 4 is 5.69 Å². The zero-order valence-corrected chi connectivity index (χ0v) is 12.4. The predicted molar refractivity (Wildman–Crippen MR) is 88.9 cm³/mol. The third-order valence-electron chi connectivity index (χ3n) is 3.32. The summed E-state index contributed by atoms with van der Waals surface area (Å²) in [6.07, 6.45) is 3.33. The molecule has 0 aliphatic rings. The third kappa shape index (κ3) is 5.88. The van der Waals surface area contributed by atoms with E-state index < -0.39 is 0 Å². The number of hydrogen-bond donors (Lipinski definition) is 2. The van der Waals surface area contributed by atoms with E-state index in [0.29, 0.717) is 6.61 Å². The lowest BCUT2D eigenvalue weighted by Gasteiger charge is -2.09. The van der Waals surface area contributed by atoms with Crippen LogP contribution in [0.25, 0.3) is 0 Å². The molecule has 0 bridgehead atoms. The van der Waals surface area contributed by atoms with Gasteiger partial charge in [0.2, 0.25) is 0 Å². The molecule has 0 spiro atoms. The first-order valence-electron chi connectivity index (χ1n) is 7.59. The van der Waals surface area contributed by atoms with Gasteiger partial charge in [-0.25, -0.2) is 0 Å². The van der Waals surface area contributed by atoms with E-state index in [1.54, 1.807) is 0 Å². The van der Waals surface area contributed by atoms with Crippen LogP contribution in [0.1, 0.15) is 18.4 Å². The highest BCUT2D eigenvalue weighted by Crippen LogP contribution is 2.14. The zero-order valence-electron chi connectivity index (χ0n) is 12.4. The second-order valence-corrected chi connectivity index (χ2v) is 5.03. The number of anilines is 1. The van der Waals surface area contributed by atoms with Gasteiger partial charge >= 0.3 is 0 Å². The van der Waals surface area contributed by atoms with Crippen molar-refractivity contribution in [1.29, 1.82) is 0 Å². The lowest BCUT2D eigenvalue weighted by atomic mass is 10.1. The molecule has 2 aromatic rings. The minimum atomic E-state index is 0.654. The molecule has 0 aromatic heterocycles. The van der Waals surface area contributed by atoms with Gasteiger partial charge in [0.15, 0.2) is 0 Å². The molecule has 3 heteroatoms. The topological polar surface area (TPSA) is 47.3 Å². The zero-order chi connectivity index (χ0) is 14.8. The Morgan fingerprint density at radius 2 is 1.67 bits per heavy atom. The predicted octanol–water partition coefficient (Wildman–Crippen LogP) is 3.46. The maximum Gasteiger partial charge on any atom is 0.119 e. The fourth-order valence-corrected chi connectivity index (χ4v) is 2.15. The number of hydrogen-bond acceptors (Lipinski definition) is 3. The summed E-state index contributed by atoms with van der Waals surface area (Å²) in [6, 6.07) is 18.5. The van der Waals surface area contributed by atoms with Crippen LogP contribution in [0.4, 0.5) is 5.69 Å². The molecule has 0 amide bonds. The van der Waals surface area contributed by atoms with Crippen LogP contribution in [0, 0.1) is 0 Å². The number of rotatable bonds is 9. The molecule has 0 fully saturated rings. The Balaban J connectivity index is 1.66. The van der Waals surface area contributed by atoms with Gasteiger partial charge in [-0.2, -0.15) is 0 Å². The minimum Gasteiger partial charge on any atom is -0.492 e. The molecule has 0 heterocycles. The second-order valence-electron chi connectivity index (χ2n) is 5.03. The van der Waals surface area contributed by atoms with Crippen LogP contribution in [-0.4, -0.2) is 19.7 Å². The summed E-state index contributed by atoms with van der Waals surface area (Å²) in [5, 5.41) is 3.32. The first-order valence-corrected chi connectivity index (χ1v) is 7.59.